The van der Waals surface area contributed by atoms with Crippen molar-refractivity contribution in [3.05, 3.63) is 48.0 Å². The van der Waals surface area contributed by atoms with Crippen LogP contribution in [0.15, 0.2) is 36.7 Å². The third-order valence-corrected chi connectivity index (χ3v) is 2.81. The van der Waals surface area contributed by atoms with Crippen LogP contribution in [0, 0.1) is 0 Å². The zero-order chi connectivity index (χ0) is 15.2. The minimum Gasteiger partial charge on any atom is -0.459 e. The van der Waals surface area contributed by atoms with Gasteiger partial charge in [-0.15, -0.1) is 0 Å². The molecule has 6 heteroatoms. The monoisotopic (exact) mass is 288 g/mol. The van der Waals surface area contributed by atoms with E-state index < -0.39 is 0 Å². The van der Waals surface area contributed by atoms with Crippen LogP contribution in [-0.4, -0.2) is 21.5 Å². The summed E-state index contributed by atoms with van der Waals surface area (Å²) in [6, 6.07) is 9.53. The Balaban J connectivity index is 2.31. The number of hydrogen-bond donors (Lipinski definition) is 0. The number of benzene rings is 1. The Morgan fingerprint density at radius 2 is 1.67 bits per heavy atom. The molecule has 1 aromatic carbocycles. The molecule has 0 aliphatic rings. The van der Waals surface area contributed by atoms with Crippen LogP contribution < -0.4 is 0 Å². The molecule has 0 fully saturated rings. The van der Waals surface area contributed by atoms with Gasteiger partial charge >= 0.3 is 11.9 Å². The van der Waals surface area contributed by atoms with E-state index >= 15 is 0 Å². The topological polar surface area (TPSA) is 70.4 Å². The zero-order valence-electron chi connectivity index (χ0n) is 11.9. The number of hydrogen-bond acceptors (Lipinski definition) is 5. The summed E-state index contributed by atoms with van der Waals surface area (Å²) in [6.07, 6.45) is 1.62. The molecule has 0 radical (unpaired) electrons. The van der Waals surface area contributed by atoms with Crippen LogP contribution in [-0.2, 0) is 32.3 Å². The Labute approximate surface area is 122 Å². The fourth-order valence-corrected chi connectivity index (χ4v) is 1.84. The predicted molar refractivity (Wildman–Crippen MR) is 74.5 cm³/mol. The number of rotatable bonds is 5. The van der Waals surface area contributed by atoms with Crippen molar-refractivity contribution in [1.29, 1.82) is 0 Å². The molecule has 21 heavy (non-hydrogen) atoms. The molecule has 0 aliphatic carbocycles. The van der Waals surface area contributed by atoms with Crippen molar-refractivity contribution in [2.75, 3.05) is 0 Å². The quantitative estimate of drug-likeness (QED) is 0.787. The maximum Gasteiger partial charge on any atom is 0.303 e. The van der Waals surface area contributed by atoms with Gasteiger partial charge in [0, 0.05) is 19.5 Å². The second-order valence-corrected chi connectivity index (χ2v) is 4.40. The van der Waals surface area contributed by atoms with Gasteiger partial charge in [-0.25, -0.2) is 4.98 Å². The van der Waals surface area contributed by atoms with Crippen LogP contribution in [0.2, 0.25) is 0 Å². The standard InChI is InChI=1S/C15H16N2O4/c1-11(18)20-8-14-15(9-21-12(2)19)17(10-16-14)13-6-4-3-5-7-13/h3-7,10H,8-9H2,1-2H3. The van der Waals surface area contributed by atoms with Gasteiger partial charge in [0.25, 0.3) is 0 Å². The fraction of sp³-hybridized carbons (Fsp3) is 0.267. The van der Waals surface area contributed by atoms with Crippen LogP contribution in [0.25, 0.3) is 5.69 Å². The minimum atomic E-state index is -0.386. The highest BCUT2D eigenvalue weighted by Gasteiger charge is 2.14. The number of carbonyl (C=O) groups is 2. The average molecular weight is 288 g/mol. The number of para-hydroxylation sites is 1. The van der Waals surface area contributed by atoms with Gasteiger partial charge in [0.1, 0.15) is 18.9 Å². The van der Waals surface area contributed by atoms with Crippen molar-refractivity contribution < 1.29 is 19.1 Å². The molecule has 0 N–H and O–H groups in total. The molecule has 2 rings (SSSR count). The fourth-order valence-electron chi connectivity index (χ4n) is 1.84. The van der Waals surface area contributed by atoms with E-state index in [1.165, 1.54) is 13.8 Å². The highest BCUT2D eigenvalue weighted by molar-refractivity contribution is 5.66. The van der Waals surface area contributed by atoms with Gasteiger partial charge in [0.15, 0.2) is 0 Å². The lowest BCUT2D eigenvalue weighted by molar-refractivity contribution is -0.144. The molecule has 1 aromatic heterocycles. The van der Waals surface area contributed by atoms with Crippen molar-refractivity contribution in [3.63, 3.8) is 0 Å². The number of aromatic nitrogens is 2. The highest BCUT2D eigenvalue weighted by Crippen LogP contribution is 2.17. The molecule has 1 heterocycles. The van der Waals surface area contributed by atoms with Crippen LogP contribution in [0.4, 0.5) is 0 Å². The van der Waals surface area contributed by atoms with E-state index in [1.54, 1.807) is 6.33 Å². The van der Waals surface area contributed by atoms with Gasteiger partial charge in [-0.1, -0.05) is 18.2 Å². The van der Waals surface area contributed by atoms with Gasteiger partial charge < -0.3 is 9.47 Å². The van der Waals surface area contributed by atoms with Crippen LogP contribution >= 0.6 is 0 Å². The zero-order valence-corrected chi connectivity index (χ0v) is 11.9. The number of nitrogens with zero attached hydrogens (tertiary/aromatic N) is 2. The molecular formula is C15H16N2O4. The van der Waals surface area contributed by atoms with E-state index in [0.29, 0.717) is 11.4 Å². The van der Waals surface area contributed by atoms with Crippen molar-refractivity contribution >= 4 is 11.9 Å². The van der Waals surface area contributed by atoms with E-state index in [-0.39, 0.29) is 25.2 Å². The molecule has 0 unspecified atom stereocenters. The Hall–Kier alpha value is -2.63. The van der Waals surface area contributed by atoms with Crippen molar-refractivity contribution in [2.24, 2.45) is 0 Å². The number of ether oxygens (including phenoxy) is 2. The first-order chi connectivity index (χ1) is 10.1. The molecule has 0 atom stereocenters. The SMILES string of the molecule is CC(=O)OCc1ncn(-c2ccccc2)c1COC(C)=O. The van der Waals surface area contributed by atoms with Crippen molar-refractivity contribution in [1.82, 2.24) is 9.55 Å². The molecule has 0 saturated heterocycles. The molecule has 0 amide bonds. The third-order valence-electron chi connectivity index (χ3n) is 2.81. The molecule has 0 bridgehead atoms. The van der Waals surface area contributed by atoms with Crippen molar-refractivity contribution in [3.8, 4) is 5.69 Å². The third kappa shape index (κ3) is 3.92. The van der Waals surface area contributed by atoms with Crippen LogP contribution in [0.3, 0.4) is 0 Å². The second kappa shape index (κ2) is 6.69. The first-order valence-electron chi connectivity index (χ1n) is 6.45. The Morgan fingerprint density at radius 1 is 1.05 bits per heavy atom. The summed E-state index contributed by atoms with van der Waals surface area (Å²) in [5.41, 5.74) is 2.13. The van der Waals surface area contributed by atoms with Gasteiger partial charge in [-0.05, 0) is 12.1 Å². The summed E-state index contributed by atoms with van der Waals surface area (Å²) in [5, 5.41) is 0. The summed E-state index contributed by atoms with van der Waals surface area (Å²) in [4.78, 5) is 26.2. The first kappa shape index (κ1) is 14.8. The highest BCUT2D eigenvalue weighted by atomic mass is 16.5. The largest absolute Gasteiger partial charge is 0.459 e. The minimum absolute atomic E-state index is 0.0474. The van der Waals surface area contributed by atoms with Crippen LogP contribution in [0.5, 0.6) is 0 Å². The lowest BCUT2D eigenvalue weighted by Crippen LogP contribution is -2.08. The first-order valence-corrected chi connectivity index (χ1v) is 6.45. The smallest absolute Gasteiger partial charge is 0.303 e. The van der Waals surface area contributed by atoms with Gasteiger partial charge in [-0.2, -0.15) is 0 Å². The average Bonchev–Trinajstić information content (AvgIpc) is 2.86. The van der Waals surface area contributed by atoms with E-state index in [2.05, 4.69) is 4.98 Å². The van der Waals surface area contributed by atoms with Gasteiger partial charge in [0.05, 0.1) is 12.0 Å². The van der Waals surface area contributed by atoms with Crippen LogP contribution in [0.1, 0.15) is 25.2 Å². The number of esters is 2. The summed E-state index contributed by atoms with van der Waals surface area (Å²) in [5.74, 6) is -0.767. The summed E-state index contributed by atoms with van der Waals surface area (Å²) in [7, 11) is 0. The maximum absolute atomic E-state index is 11.0. The Morgan fingerprint density at radius 3 is 2.29 bits per heavy atom. The summed E-state index contributed by atoms with van der Waals surface area (Å²) < 4.78 is 11.8. The van der Waals surface area contributed by atoms with E-state index in [4.69, 9.17) is 9.47 Å². The Kier molecular flexibility index (Phi) is 4.71. The molecule has 2 aromatic rings. The molecule has 0 aliphatic heterocycles. The summed E-state index contributed by atoms with van der Waals surface area (Å²) in [6.45, 7) is 2.79. The normalized spacial score (nSPS) is 10.2. The lowest BCUT2D eigenvalue weighted by atomic mass is 10.3. The van der Waals surface area contributed by atoms with E-state index in [9.17, 15) is 9.59 Å². The molecular weight excluding hydrogens is 272 g/mol. The molecule has 0 spiro atoms. The maximum atomic E-state index is 11.0. The second-order valence-electron chi connectivity index (χ2n) is 4.40. The molecule has 6 nitrogen and oxygen atoms in total. The van der Waals surface area contributed by atoms with Crippen molar-refractivity contribution in [2.45, 2.75) is 27.1 Å². The molecule has 110 valence electrons. The van der Waals surface area contributed by atoms with E-state index in [1.807, 2.05) is 34.9 Å². The molecule has 0 saturated carbocycles. The predicted octanol–water partition coefficient (Wildman–Crippen LogP) is 2.00. The number of imidazole rings is 1. The Bertz CT molecular complexity index is 634. The lowest BCUT2D eigenvalue weighted by Gasteiger charge is -2.10. The summed E-state index contributed by atoms with van der Waals surface area (Å²) >= 11 is 0. The van der Waals surface area contributed by atoms with Gasteiger partial charge in [0.2, 0.25) is 0 Å². The van der Waals surface area contributed by atoms with Gasteiger partial charge in [-0.3, -0.25) is 14.2 Å². The van der Waals surface area contributed by atoms with E-state index in [0.717, 1.165) is 5.69 Å². The number of carbonyl (C=O) groups excluding carboxylic acids is 2.